The van der Waals surface area contributed by atoms with E-state index in [2.05, 4.69) is 19.7 Å². The minimum absolute atomic E-state index is 0.160. The van der Waals surface area contributed by atoms with Gasteiger partial charge in [0, 0.05) is 0 Å². The lowest BCUT2D eigenvalue weighted by Crippen LogP contribution is -1.81. The smallest absolute Gasteiger partial charge is 0.123 e. The third-order valence-electron chi connectivity index (χ3n) is 2.15. The Morgan fingerprint density at radius 2 is 1.85 bits per heavy atom. The van der Waals surface area contributed by atoms with Gasteiger partial charge in [-0.05, 0) is 41.7 Å². The van der Waals surface area contributed by atoms with Crippen LogP contribution in [-0.4, -0.2) is 0 Å². The largest absolute Gasteiger partial charge is 0.207 e. The predicted octanol–water partition coefficient (Wildman–Crippen LogP) is 3.59. The van der Waals surface area contributed by atoms with E-state index >= 15 is 0 Å². The summed E-state index contributed by atoms with van der Waals surface area (Å²) < 4.78 is 12.7. The van der Waals surface area contributed by atoms with Crippen molar-refractivity contribution in [2.75, 3.05) is 0 Å². The van der Waals surface area contributed by atoms with Gasteiger partial charge in [0.25, 0.3) is 0 Å². The number of rotatable bonds is 0. The molecule has 0 aliphatic heterocycles. The molecule has 68 valence electrons. The number of allylic oxidation sites excluding steroid dienone is 1. The van der Waals surface area contributed by atoms with Crippen molar-refractivity contribution in [2.24, 2.45) is 0 Å². The lowest BCUT2D eigenvalue weighted by Gasteiger charge is -1.97. The summed E-state index contributed by atoms with van der Waals surface area (Å²) in [5.41, 5.74) is 3.32. The number of aryl methyl sites for hydroxylation is 1. The summed E-state index contributed by atoms with van der Waals surface area (Å²) in [6, 6.07) is 4.94. The molecule has 13 heavy (non-hydrogen) atoms. The molecule has 1 heteroatoms. The van der Waals surface area contributed by atoms with Crippen LogP contribution in [0.5, 0.6) is 0 Å². The fourth-order valence-corrected chi connectivity index (χ4v) is 1.52. The van der Waals surface area contributed by atoms with Crippen LogP contribution in [-0.2, 0) is 6.42 Å². The zero-order valence-corrected chi connectivity index (χ0v) is 7.65. The number of fused-ring (bicyclic) bond motifs is 1. The summed E-state index contributed by atoms with van der Waals surface area (Å²) in [5, 5.41) is 0. The molecule has 0 fully saturated rings. The molecule has 1 aromatic rings. The predicted molar refractivity (Wildman–Crippen MR) is 55.0 cm³/mol. The second-order valence-electron chi connectivity index (χ2n) is 2.91. The lowest BCUT2D eigenvalue weighted by molar-refractivity contribution is 0.627. The van der Waals surface area contributed by atoms with Crippen LogP contribution >= 0.6 is 0 Å². The molecule has 1 aliphatic rings. The van der Waals surface area contributed by atoms with Crippen molar-refractivity contribution in [1.29, 1.82) is 0 Å². The molecular formula is C12H13F. The van der Waals surface area contributed by atoms with Crippen molar-refractivity contribution < 1.29 is 4.39 Å². The fourth-order valence-electron chi connectivity index (χ4n) is 1.52. The first-order valence-electron chi connectivity index (χ1n) is 4.24. The van der Waals surface area contributed by atoms with Gasteiger partial charge in [0.2, 0.25) is 0 Å². The van der Waals surface area contributed by atoms with Gasteiger partial charge in [-0.15, -0.1) is 13.2 Å². The molecule has 0 amide bonds. The van der Waals surface area contributed by atoms with E-state index in [1.54, 1.807) is 6.07 Å². The summed E-state index contributed by atoms with van der Waals surface area (Å²) in [7, 11) is 0. The third kappa shape index (κ3) is 1.86. The highest BCUT2D eigenvalue weighted by Gasteiger charge is 2.13. The second-order valence-corrected chi connectivity index (χ2v) is 2.91. The van der Waals surface area contributed by atoms with E-state index in [0.717, 1.165) is 24.0 Å². The molecule has 0 saturated heterocycles. The van der Waals surface area contributed by atoms with Crippen LogP contribution in [0.4, 0.5) is 4.39 Å². The molecule has 0 radical (unpaired) electrons. The van der Waals surface area contributed by atoms with Crippen molar-refractivity contribution in [2.45, 2.75) is 12.8 Å². The van der Waals surface area contributed by atoms with Crippen molar-refractivity contribution in [3.8, 4) is 0 Å². The molecule has 0 saturated carbocycles. The molecule has 0 bridgehead atoms. The van der Waals surface area contributed by atoms with Gasteiger partial charge in [-0.1, -0.05) is 12.6 Å². The van der Waals surface area contributed by atoms with E-state index in [-0.39, 0.29) is 5.82 Å². The van der Waals surface area contributed by atoms with E-state index in [1.165, 1.54) is 11.6 Å². The average Bonchev–Trinajstić information content (AvgIpc) is 2.52. The molecule has 0 N–H and O–H groups in total. The van der Waals surface area contributed by atoms with Gasteiger partial charge in [0.1, 0.15) is 5.82 Å². The monoisotopic (exact) mass is 176 g/mol. The minimum Gasteiger partial charge on any atom is -0.207 e. The number of benzene rings is 1. The minimum atomic E-state index is -0.160. The van der Waals surface area contributed by atoms with Gasteiger partial charge in [-0.3, -0.25) is 0 Å². The number of hydrogen-bond donors (Lipinski definition) is 0. The van der Waals surface area contributed by atoms with Crippen LogP contribution in [0.3, 0.4) is 0 Å². The number of halogens is 1. The first kappa shape index (κ1) is 9.72. The normalized spacial score (nSPS) is 13.2. The van der Waals surface area contributed by atoms with Crippen molar-refractivity contribution in [3.63, 3.8) is 0 Å². The summed E-state index contributed by atoms with van der Waals surface area (Å²) in [5.74, 6) is -0.160. The standard InChI is InChI=1S/C10H9F.C2H4/c1-7-2-3-8-4-5-9(11)6-10(7)8;1-2/h4-6H,1-3H2;1-2H2. The van der Waals surface area contributed by atoms with Gasteiger partial charge < -0.3 is 0 Å². The SMILES string of the molecule is C=C.C=C1CCc2ccc(F)cc21. The van der Waals surface area contributed by atoms with Gasteiger partial charge in [-0.25, -0.2) is 4.39 Å². The van der Waals surface area contributed by atoms with Crippen molar-refractivity contribution in [1.82, 2.24) is 0 Å². The van der Waals surface area contributed by atoms with Gasteiger partial charge in [-0.2, -0.15) is 0 Å². The summed E-state index contributed by atoms with van der Waals surface area (Å²) in [6.45, 7) is 9.87. The Bertz CT molecular complexity index is 326. The quantitative estimate of drug-likeness (QED) is 0.530. The first-order chi connectivity index (χ1) is 6.27. The summed E-state index contributed by atoms with van der Waals surface area (Å²) in [6.07, 6.45) is 2.01. The fraction of sp³-hybridized carbons (Fsp3) is 0.167. The van der Waals surface area contributed by atoms with Crippen LogP contribution in [0.25, 0.3) is 5.57 Å². The maximum Gasteiger partial charge on any atom is 0.123 e. The topological polar surface area (TPSA) is 0 Å². The molecule has 1 aliphatic carbocycles. The molecule has 0 nitrogen and oxygen atoms in total. The zero-order valence-electron chi connectivity index (χ0n) is 7.65. The Balaban J connectivity index is 0.000000396. The highest BCUT2D eigenvalue weighted by molar-refractivity contribution is 5.70. The van der Waals surface area contributed by atoms with Crippen molar-refractivity contribution >= 4 is 5.57 Å². The second kappa shape index (κ2) is 4.04. The van der Waals surface area contributed by atoms with Crippen LogP contribution in [0, 0.1) is 5.82 Å². The first-order valence-corrected chi connectivity index (χ1v) is 4.24. The Morgan fingerprint density at radius 1 is 1.15 bits per heavy atom. The van der Waals surface area contributed by atoms with E-state index in [9.17, 15) is 4.39 Å². The Labute approximate surface area is 78.4 Å². The Kier molecular flexibility index (Phi) is 3.02. The molecule has 0 heterocycles. The molecule has 2 rings (SSSR count). The molecule has 0 spiro atoms. The summed E-state index contributed by atoms with van der Waals surface area (Å²) >= 11 is 0. The maximum atomic E-state index is 12.7. The molecule has 0 atom stereocenters. The van der Waals surface area contributed by atoms with Crippen LogP contribution in [0.15, 0.2) is 37.9 Å². The highest BCUT2D eigenvalue weighted by atomic mass is 19.1. The van der Waals surface area contributed by atoms with Crippen LogP contribution in [0.1, 0.15) is 17.5 Å². The molecule has 0 aromatic heterocycles. The third-order valence-corrected chi connectivity index (χ3v) is 2.15. The van der Waals surface area contributed by atoms with Crippen LogP contribution < -0.4 is 0 Å². The molecule has 1 aromatic carbocycles. The van der Waals surface area contributed by atoms with E-state index < -0.39 is 0 Å². The van der Waals surface area contributed by atoms with Gasteiger partial charge >= 0.3 is 0 Å². The Morgan fingerprint density at radius 3 is 2.54 bits per heavy atom. The summed E-state index contributed by atoms with van der Waals surface area (Å²) in [4.78, 5) is 0. The van der Waals surface area contributed by atoms with E-state index in [0.29, 0.717) is 0 Å². The zero-order chi connectivity index (χ0) is 9.84. The van der Waals surface area contributed by atoms with Crippen molar-refractivity contribution in [3.05, 3.63) is 54.9 Å². The molecule has 0 unspecified atom stereocenters. The van der Waals surface area contributed by atoms with Crippen LogP contribution in [0.2, 0.25) is 0 Å². The van der Waals surface area contributed by atoms with Gasteiger partial charge in [0.15, 0.2) is 0 Å². The average molecular weight is 176 g/mol. The van der Waals surface area contributed by atoms with E-state index in [4.69, 9.17) is 0 Å². The van der Waals surface area contributed by atoms with Gasteiger partial charge in [0.05, 0.1) is 0 Å². The number of hydrogen-bond acceptors (Lipinski definition) is 0. The molecular weight excluding hydrogens is 163 g/mol. The lowest BCUT2D eigenvalue weighted by atomic mass is 10.1. The van der Waals surface area contributed by atoms with E-state index in [1.807, 2.05) is 6.07 Å². The maximum absolute atomic E-state index is 12.7. The highest BCUT2D eigenvalue weighted by Crippen LogP contribution is 2.30. The Hall–Kier alpha value is -1.37.